The molecule has 0 N–H and O–H groups in total. The summed E-state index contributed by atoms with van der Waals surface area (Å²) >= 11 is 0. The topological polar surface area (TPSA) is 0 Å². The molecule has 0 heterocycles. The second-order valence-corrected chi connectivity index (χ2v) is 5.94. The lowest BCUT2D eigenvalue weighted by atomic mass is 9.88. The van der Waals surface area contributed by atoms with E-state index in [9.17, 15) is 0 Å². The molecule has 0 bridgehead atoms. The number of benzene rings is 2. The highest BCUT2D eigenvalue weighted by atomic mass is 14.3. The quantitative estimate of drug-likeness (QED) is 0.618. The van der Waals surface area contributed by atoms with Crippen molar-refractivity contribution in [1.29, 1.82) is 0 Å². The molecule has 0 unspecified atom stereocenters. The lowest BCUT2D eigenvalue weighted by Gasteiger charge is -2.15. The highest BCUT2D eigenvalue weighted by Crippen LogP contribution is 2.43. The molecule has 0 radical (unpaired) electrons. The molecule has 2 aromatic rings. The average molecular weight is 270 g/mol. The lowest BCUT2D eigenvalue weighted by Crippen LogP contribution is -1.95. The largest absolute Gasteiger partial charge is 0.0985 e. The van der Waals surface area contributed by atoms with Gasteiger partial charge in [-0.1, -0.05) is 49.1 Å². The van der Waals surface area contributed by atoms with Crippen molar-refractivity contribution in [3.05, 3.63) is 82.5 Å². The Hall–Kier alpha value is -2.34. The van der Waals surface area contributed by atoms with Gasteiger partial charge in [0.1, 0.15) is 0 Å². The molecule has 0 nitrogen and oxygen atoms in total. The molecule has 0 fully saturated rings. The second-order valence-electron chi connectivity index (χ2n) is 5.94. The molecule has 0 aromatic heterocycles. The minimum atomic E-state index is 1.01. The van der Waals surface area contributed by atoms with Crippen molar-refractivity contribution in [3.63, 3.8) is 0 Å². The molecule has 0 aliphatic heterocycles. The molecule has 0 amide bonds. The first-order valence-electron chi connectivity index (χ1n) is 7.48. The van der Waals surface area contributed by atoms with Crippen LogP contribution < -0.4 is 0 Å². The van der Waals surface area contributed by atoms with E-state index in [2.05, 4.69) is 62.9 Å². The normalized spacial score (nSPS) is 16.0. The van der Waals surface area contributed by atoms with E-state index in [1.54, 1.807) is 0 Å². The van der Waals surface area contributed by atoms with Crippen molar-refractivity contribution in [2.24, 2.45) is 0 Å². The molecule has 0 saturated heterocycles. The summed E-state index contributed by atoms with van der Waals surface area (Å²) in [7, 11) is 0. The molecular formula is C21H18. The smallest absolute Gasteiger partial charge is 0.00297 e. The fourth-order valence-electron chi connectivity index (χ4n) is 3.63. The molecule has 2 aromatic carbocycles. The van der Waals surface area contributed by atoms with Crippen LogP contribution in [0, 0.1) is 13.8 Å². The number of hydrogen-bond donors (Lipinski definition) is 0. The molecule has 2 aliphatic rings. The van der Waals surface area contributed by atoms with Crippen LogP contribution in [0.25, 0.3) is 22.4 Å². The molecule has 0 spiro atoms. The van der Waals surface area contributed by atoms with Crippen LogP contribution in [0.4, 0.5) is 0 Å². The molecule has 2 aliphatic carbocycles. The predicted molar refractivity (Wildman–Crippen MR) is 92.3 cm³/mol. The van der Waals surface area contributed by atoms with Gasteiger partial charge in [-0.15, -0.1) is 0 Å². The molecular weight excluding hydrogens is 252 g/mol. The van der Waals surface area contributed by atoms with Gasteiger partial charge in [-0.25, -0.2) is 0 Å². The monoisotopic (exact) mass is 270 g/mol. The van der Waals surface area contributed by atoms with Gasteiger partial charge in [-0.2, -0.15) is 0 Å². The fraction of sp³-hybridized carbons (Fsp3) is 0.143. The van der Waals surface area contributed by atoms with Crippen molar-refractivity contribution < 1.29 is 0 Å². The summed E-state index contributed by atoms with van der Waals surface area (Å²) in [6.45, 7) is 8.48. The van der Waals surface area contributed by atoms with E-state index in [0.29, 0.717) is 0 Å². The van der Waals surface area contributed by atoms with Crippen LogP contribution in [-0.2, 0) is 0 Å². The van der Waals surface area contributed by atoms with Crippen molar-refractivity contribution in [3.8, 4) is 0 Å². The van der Waals surface area contributed by atoms with Gasteiger partial charge < -0.3 is 0 Å². The summed E-state index contributed by atoms with van der Waals surface area (Å²) in [5.41, 5.74) is 9.54. The van der Waals surface area contributed by atoms with Crippen molar-refractivity contribution in [2.75, 3.05) is 0 Å². The van der Waals surface area contributed by atoms with E-state index in [0.717, 1.165) is 6.42 Å². The third-order valence-corrected chi connectivity index (χ3v) is 4.80. The third kappa shape index (κ3) is 1.62. The maximum Gasteiger partial charge on any atom is -0.00297 e. The highest BCUT2D eigenvalue weighted by Gasteiger charge is 2.22. The summed E-state index contributed by atoms with van der Waals surface area (Å²) in [6, 6.07) is 8.90. The fourth-order valence-corrected chi connectivity index (χ4v) is 3.63. The Morgan fingerprint density at radius 3 is 2.86 bits per heavy atom. The Labute approximate surface area is 125 Å². The van der Waals surface area contributed by atoms with Crippen molar-refractivity contribution in [2.45, 2.75) is 20.3 Å². The zero-order valence-corrected chi connectivity index (χ0v) is 12.5. The Balaban J connectivity index is 2.26. The molecule has 102 valence electrons. The summed E-state index contributed by atoms with van der Waals surface area (Å²) < 4.78 is 0. The lowest BCUT2D eigenvalue weighted by molar-refractivity contribution is 1.29. The van der Waals surface area contributed by atoms with E-state index in [4.69, 9.17) is 0 Å². The Morgan fingerprint density at radius 2 is 2.05 bits per heavy atom. The maximum absolute atomic E-state index is 4.02. The van der Waals surface area contributed by atoms with E-state index >= 15 is 0 Å². The van der Waals surface area contributed by atoms with Gasteiger partial charge in [0.05, 0.1) is 0 Å². The molecule has 0 heteroatoms. The predicted octanol–water partition coefficient (Wildman–Crippen LogP) is 5.75. The Bertz CT molecular complexity index is 886. The van der Waals surface area contributed by atoms with Crippen LogP contribution in [0.5, 0.6) is 0 Å². The minimum Gasteiger partial charge on any atom is -0.0985 e. The molecule has 21 heavy (non-hydrogen) atoms. The number of hydrogen-bond acceptors (Lipinski definition) is 0. The first-order chi connectivity index (χ1) is 10.2. The Morgan fingerprint density at radius 1 is 1.19 bits per heavy atom. The molecule has 0 atom stereocenters. The first kappa shape index (κ1) is 12.4. The van der Waals surface area contributed by atoms with Crippen LogP contribution in [0.15, 0.2) is 60.2 Å². The zero-order chi connectivity index (χ0) is 14.6. The summed E-state index contributed by atoms with van der Waals surface area (Å²) in [4.78, 5) is 0. The Kier molecular flexibility index (Phi) is 2.56. The minimum absolute atomic E-state index is 1.01. The van der Waals surface area contributed by atoms with Crippen LogP contribution in [0.3, 0.4) is 0 Å². The number of allylic oxidation sites excluding steroid dienone is 6. The van der Waals surface area contributed by atoms with E-state index in [1.807, 2.05) is 6.08 Å². The molecule has 4 rings (SSSR count). The van der Waals surface area contributed by atoms with Crippen molar-refractivity contribution >= 4 is 22.4 Å². The van der Waals surface area contributed by atoms with E-state index in [-0.39, 0.29) is 0 Å². The standard InChI is InChI=1S/C21H18/c1-4-15-12-17-8-5-7-16-11-13(2)14(3)20(21(16)17)19-10-6-9-18(15)19/h4-8,10-12H,1,9H2,2-3H3. The summed E-state index contributed by atoms with van der Waals surface area (Å²) in [5, 5.41) is 2.72. The number of fused-ring (bicyclic) bond motifs is 1. The summed E-state index contributed by atoms with van der Waals surface area (Å²) in [5.74, 6) is 0. The first-order valence-corrected chi connectivity index (χ1v) is 7.48. The van der Waals surface area contributed by atoms with Gasteiger partial charge >= 0.3 is 0 Å². The van der Waals surface area contributed by atoms with E-state index < -0.39 is 0 Å². The highest BCUT2D eigenvalue weighted by molar-refractivity contribution is 6.07. The van der Waals surface area contributed by atoms with Crippen LogP contribution >= 0.6 is 0 Å². The molecule has 0 saturated carbocycles. The number of rotatable bonds is 1. The van der Waals surface area contributed by atoms with Crippen molar-refractivity contribution in [1.82, 2.24) is 0 Å². The summed E-state index contributed by atoms with van der Waals surface area (Å²) in [6.07, 6.45) is 9.85. The van der Waals surface area contributed by atoms with Crippen LogP contribution in [0.1, 0.15) is 28.7 Å². The SMILES string of the molecule is C=CC1=Cc2cccc3cc(C)c(C)c(c23)C2=C1CC=C2. The van der Waals surface area contributed by atoms with Gasteiger partial charge in [0.25, 0.3) is 0 Å². The van der Waals surface area contributed by atoms with Gasteiger partial charge in [0.2, 0.25) is 0 Å². The van der Waals surface area contributed by atoms with Gasteiger partial charge in [0, 0.05) is 0 Å². The third-order valence-electron chi connectivity index (χ3n) is 4.80. The number of aryl methyl sites for hydroxylation is 1. The van der Waals surface area contributed by atoms with Crippen LogP contribution in [0.2, 0.25) is 0 Å². The van der Waals surface area contributed by atoms with E-state index in [1.165, 1.54) is 49.7 Å². The average Bonchev–Trinajstić information content (AvgIpc) is 2.90. The maximum atomic E-state index is 4.02. The second kappa shape index (κ2) is 4.33. The van der Waals surface area contributed by atoms with Crippen LogP contribution in [-0.4, -0.2) is 0 Å². The zero-order valence-electron chi connectivity index (χ0n) is 12.5. The van der Waals surface area contributed by atoms with Gasteiger partial charge in [-0.05, 0) is 76.1 Å². The van der Waals surface area contributed by atoms with Gasteiger partial charge in [0.15, 0.2) is 0 Å². The van der Waals surface area contributed by atoms with Gasteiger partial charge in [-0.3, -0.25) is 0 Å².